The maximum absolute atomic E-state index is 11.8. The average molecular weight is 262 g/mol. The van der Waals surface area contributed by atoms with Crippen LogP contribution in [-0.2, 0) is 4.74 Å². The molecule has 0 atom stereocenters. The highest BCUT2D eigenvalue weighted by Gasteiger charge is 2.26. The highest BCUT2D eigenvalue weighted by molar-refractivity contribution is 5.97. The molecular weight excluding hydrogens is 249 g/mol. The molecule has 0 aliphatic carbocycles. The summed E-state index contributed by atoms with van der Waals surface area (Å²) in [5.74, 6) is 0.240. The zero-order chi connectivity index (χ0) is 13.6. The first-order chi connectivity index (χ1) is 8.42. The Bertz CT molecular complexity index is 385. The molecule has 0 N–H and O–H groups in total. The zero-order valence-corrected chi connectivity index (χ0v) is 9.79. The van der Waals surface area contributed by atoms with E-state index < -0.39 is 19.2 Å². The van der Waals surface area contributed by atoms with Gasteiger partial charge in [-0.2, -0.15) is 13.2 Å². The van der Waals surface area contributed by atoms with Gasteiger partial charge < -0.3 is 9.47 Å². The van der Waals surface area contributed by atoms with Gasteiger partial charge in [-0.3, -0.25) is 4.79 Å². The number of carbonyl (C=O) groups excluding carboxylic acids is 1. The molecule has 6 heteroatoms. The fourth-order valence-corrected chi connectivity index (χ4v) is 1.21. The van der Waals surface area contributed by atoms with E-state index in [1.807, 2.05) is 0 Å². The van der Waals surface area contributed by atoms with Crippen LogP contribution in [0.5, 0.6) is 5.75 Å². The van der Waals surface area contributed by atoms with E-state index in [0.717, 1.165) is 0 Å². The van der Waals surface area contributed by atoms with Crippen LogP contribution in [0.25, 0.3) is 0 Å². The van der Waals surface area contributed by atoms with Crippen molar-refractivity contribution in [2.45, 2.75) is 12.6 Å². The molecular formula is C12H13F3O3. The molecule has 1 rings (SSSR count). The summed E-state index contributed by atoms with van der Waals surface area (Å²) in [6.07, 6.45) is -5.31. The highest BCUT2D eigenvalue weighted by Crippen LogP contribution is 2.19. The van der Waals surface area contributed by atoms with Crippen molar-refractivity contribution in [1.29, 1.82) is 0 Å². The summed E-state index contributed by atoms with van der Waals surface area (Å²) < 4.78 is 45.0. The van der Waals surface area contributed by atoms with E-state index in [2.05, 4.69) is 4.74 Å². The number of rotatable bonds is 6. The Morgan fingerprint density at radius 2 is 1.83 bits per heavy atom. The van der Waals surface area contributed by atoms with E-state index in [0.29, 0.717) is 11.3 Å². The molecule has 1 aromatic rings. The van der Waals surface area contributed by atoms with Crippen LogP contribution in [0.4, 0.5) is 13.2 Å². The Labute approximate surface area is 103 Å². The van der Waals surface area contributed by atoms with Gasteiger partial charge in [0, 0.05) is 5.56 Å². The van der Waals surface area contributed by atoms with E-state index in [1.165, 1.54) is 19.2 Å². The van der Waals surface area contributed by atoms with Gasteiger partial charge >= 0.3 is 6.18 Å². The molecule has 0 bridgehead atoms. The SMILES string of the molecule is COc1ccc(C(=O)COCCC(F)(F)F)cc1. The van der Waals surface area contributed by atoms with Crippen molar-refractivity contribution in [3.05, 3.63) is 29.8 Å². The van der Waals surface area contributed by atoms with E-state index in [4.69, 9.17) is 4.74 Å². The minimum atomic E-state index is -4.26. The lowest BCUT2D eigenvalue weighted by atomic mass is 10.1. The van der Waals surface area contributed by atoms with Crippen LogP contribution in [0, 0.1) is 0 Å². The molecule has 1 aromatic carbocycles. The summed E-state index contributed by atoms with van der Waals surface area (Å²) in [6, 6.07) is 6.27. The smallest absolute Gasteiger partial charge is 0.391 e. The second-order valence-corrected chi connectivity index (χ2v) is 3.57. The fourth-order valence-electron chi connectivity index (χ4n) is 1.21. The van der Waals surface area contributed by atoms with Crippen molar-refractivity contribution in [2.75, 3.05) is 20.3 Å². The molecule has 0 amide bonds. The van der Waals surface area contributed by atoms with Crippen LogP contribution < -0.4 is 4.74 Å². The van der Waals surface area contributed by atoms with E-state index in [1.54, 1.807) is 12.1 Å². The predicted octanol–water partition coefficient (Wildman–Crippen LogP) is 2.85. The second-order valence-electron chi connectivity index (χ2n) is 3.57. The Balaban J connectivity index is 2.36. The van der Waals surface area contributed by atoms with Crippen LogP contribution in [0.15, 0.2) is 24.3 Å². The maximum atomic E-state index is 11.8. The fraction of sp³-hybridized carbons (Fsp3) is 0.417. The summed E-state index contributed by atoms with van der Waals surface area (Å²) in [5, 5.41) is 0. The number of benzene rings is 1. The number of halogens is 3. The van der Waals surface area contributed by atoms with E-state index in [-0.39, 0.29) is 12.4 Å². The summed E-state index contributed by atoms with van der Waals surface area (Å²) in [7, 11) is 1.50. The second kappa shape index (κ2) is 6.39. The standard InChI is InChI=1S/C12H13F3O3/c1-17-10-4-2-9(3-5-10)11(16)8-18-7-6-12(13,14)15/h2-5H,6-8H2,1H3. The summed E-state index contributed by atoms with van der Waals surface area (Å²) in [4.78, 5) is 11.5. The van der Waals surface area contributed by atoms with Crippen LogP contribution in [0.3, 0.4) is 0 Å². The number of carbonyl (C=O) groups is 1. The van der Waals surface area contributed by atoms with Crippen LogP contribution in [0.2, 0.25) is 0 Å². The van der Waals surface area contributed by atoms with E-state index >= 15 is 0 Å². The van der Waals surface area contributed by atoms with E-state index in [9.17, 15) is 18.0 Å². The highest BCUT2D eigenvalue weighted by atomic mass is 19.4. The molecule has 0 spiro atoms. The van der Waals surface area contributed by atoms with Crippen LogP contribution in [-0.4, -0.2) is 32.3 Å². The molecule has 0 fully saturated rings. The zero-order valence-electron chi connectivity index (χ0n) is 9.79. The number of ether oxygens (including phenoxy) is 2. The van der Waals surface area contributed by atoms with Crippen molar-refractivity contribution in [1.82, 2.24) is 0 Å². The Morgan fingerprint density at radius 3 is 2.33 bits per heavy atom. The Morgan fingerprint density at radius 1 is 1.22 bits per heavy atom. The number of hydrogen-bond acceptors (Lipinski definition) is 3. The average Bonchev–Trinajstić information content (AvgIpc) is 2.33. The monoisotopic (exact) mass is 262 g/mol. The van der Waals surface area contributed by atoms with Crippen molar-refractivity contribution in [3.8, 4) is 5.75 Å². The van der Waals surface area contributed by atoms with Crippen molar-refractivity contribution < 1.29 is 27.4 Å². The molecule has 0 saturated heterocycles. The van der Waals surface area contributed by atoms with Gasteiger partial charge in [-0.05, 0) is 24.3 Å². The lowest BCUT2D eigenvalue weighted by Crippen LogP contribution is -2.15. The van der Waals surface area contributed by atoms with Gasteiger partial charge in [0.05, 0.1) is 20.1 Å². The molecule has 0 aromatic heterocycles. The van der Waals surface area contributed by atoms with Crippen molar-refractivity contribution in [3.63, 3.8) is 0 Å². The van der Waals surface area contributed by atoms with Gasteiger partial charge in [-0.25, -0.2) is 0 Å². The molecule has 0 saturated carbocycles. The number of ketones is 1. The third-order valence-corrected chi connectivity index (χ3v) is 2.18. The molecule has 18 heavy (non-hydrogen) atoms. The third-order valence-electron chi connectivity index (χ3n) is 2.18. The van der Waals surface area contributed by atoms with Gasteiger partial charge in [-0.15, -0.1) is 0 Å². The number of Topliss-reactive ketones (excluding diaryl/α,β-unsaturated/α-hetero) is 1. The molecule has 100 valence electrons. The Hall–Kier alpha value is -1.56. The van der Waals surface area contributed by atoms with Crippen LogP contribution in [0.1, 0.15) is 16.8 Å². The summed E-state index contributed by atoms with van der Waals surface area (Å²) in [5.41, 5.74) is 0.378. The molecule has 0 aliphatic rings. The largest absolute Gasteiger partial charge is 0.497 e. The lowest BCUT2D eigenvalue weighted by molar-refractivity contribution is -0.144. The third kappa shape index (κ3) is 5.18. The first-order valence-electron chi connectivity index (χ1n) is 5.24. The van der Waals surface area contributed by atoms with Gasteiger partial charge in [0.1, 0.15) is 12.4 Å². The van der Waals surface area contributed by atoms with Gasteiger partial charge in [0.2, 0.25) is 0 Å². The Kier molecular flexibility index (Phi) is 5.15. The van der Waals surface area contributed by atoms with Gasteiger partial charge in [-0.1, -0.05) is 0 Å². The topological polar surface area (TPSA) is 35.5 Å². The summed E-state index contributed by atoms with van der Waals surface area (Å²) in [6.45, 7) is -0.867. The lowest BCUT2D eigenvalue weighted by Gasteiger charge is -2.07. The molecule has 0 heterocycles. The number of methoxy groups -OCH3 is 1. The maximum Gasteiger partial charge on any atom is 0.391 e. The van der Waals surface area contributed by atoms with Crippen LogP contribution >= 0.6 is 0 Å². The minimum Gasteiger partial charge on any atom is -0.497 e. The minimum absolute atomic E-state index is 0.359. The first kappa shape index (κ1) is 14.5. The van der Waals surface area contributed by atoms with Gasteiger partial charge in [0.25, 0.3) is 0 Å². The number of alkyl halides is 3. The molecule has 0 radical (unpaired) electrons. The number of hydrogen-bond donors (Lipinski definition) is 0. The predicted molar refractivity (Wildman–Crippen MR) is 58.8 cm³/mol. The molecule has 0 aliphatic heterocycles. The quantitative estimate of drug-likeness (QED) is 0.584. The molecule has 3 nitrogen and oxygen atoms in total. The van der Waals surface area contributed by atoms with Crippen molar-refractivity contribution in [2.24, 2.45) is 0 Å². The normalized spacial score (nSPS) is 11.3. The van der Waals surface area contributed by atoms with Crippen molar-refractivity contribution >= 4 is 5.78 Å². The summed E-state index contributed by atoms with van der Waals surface area (Å²) >= 11 is 0. The molecule has 0 unspecified atom stereocenters. The first-order valence-corrected chi connectivity index (χ1v) is 5.24. The van der Waals surface area contributed by atoms with Gasteiger partial charge in [0.15, 0.2) is 5.78 Å².